The van der Waals surface area contributed by atoms with Gasteiger partial charge in [-0.15, -0.1) is 0 Å². The van der Waals surface area contributed by atoms with E-state index in [2.05, 4.69) is 20.8 Å². The summed E-state index contributed by atoms with van der Waals surface area (Å²) >= 11 is 6.04. The molecule has 0 saturated carbocycles. The van der Waals surface area contributed by atoms with Crippen molar-refractivity contribution in [3.8, 4) is 0 Å². The Morgan fingerprint density at radius 1 is 1.10 bits per heavy atom. The van der Waals surface area contributed by atoms with Crippen molar-refractivity contribution in [2.75, 3.05) is 6.54 Å². The number of rotatable bonds is 4. The fraction of sp³-hybridized carbons (Fsp3) is 0.360. The number of halogens is 1. The number of likely N-dealkylation sites (tertiary alicyclic amines) is 1. The average molecular weight is 426 g/mol. The van der Waals surface area contributed by atoms with Crippen LogP contribution >= 0.6 is 11.6 Å². The molecule has 158 valence electrons. The Balaban J connectivity index is 2.24. The van der Waals surface area contributed by atoms with Gasteiger partial charge < -0.3 is 10.0 Å². The molecule has 5 heteroatoms. The molecule has 0 spiro atoms. The van der Waals surface area contributed by atoms with E-state index in [-0.39, 0.29) is 16.7 Å². The molecule has 1 fully saturated rings. The van der Waals surface area contributed by atoms with Crippen molar-refractivity contribution in [3.05, 3.63) is 75.3 Å². The van der Waals surface area contributed by atoms with Crippen LogP contribution in [0, 0.1) is 6.92 Å². The van der Waals surface area contributed by atoms with E-state index in [9.17, 15) is 14.7 Å². The number of aliphatic hydroxyl groups excluding tert-OH is 1. The Morgan fingerprint density at radius 2 is 1.73 bits per heavy atom. The molecular weight excluding hydrogens is 398 g/mol. The smallest absolute Gasteiger partial charge is 0.295 e. The highest BCUT2D eigenvalue weighted by Crippen LogP contribution is 2.40. The number of nitrogens with zero attached hydrogens (tertiary/aromatic N) is 1. The second-order valence-corrected chi connectivity index (χ2v) is 9.26. The van der Waals surface area contributed by atoms with Crippen LogP contribution in [0.2, 0.25) is 5.02 Å². The van der Waals surface area contributed by atoms with E-state index < -0.39 is 17.7 Å². The highest BCUT2D eigenvalue weighted by atomic mass is 35.5. The van der Waals surface area contributed by atoms with Gasteiger partial charge in [0.05, 0.1) is 11.6 Å². The maximum atomic E-state index is 13.0. The summed E-state index contributed by atoms with van der Waals surface area (Å²) in [6, 6.07) is 12.3. The number of aliphatic hydroxyl groups is 1. The monoisotopic (exact) mass is 425 g/mol. The first-order valence-electron chi connectivity index (χ1n) is 10.2. The zero-order valence-corrected chi connectivity index (χ0v) is 18.9. The molecule has 4 nitrogen and oxygen atoms in total. The van der Waals surface area contributed by atoms with Gasteiger partial charge in [-0.25, -0.2) is 0 Å². The molecular formula is C25H28ClNO3. The number of aryl methyl sites for hydroxylation is 1. The summed E-state index contributed by atoms with van der Waals surface area (Å²) in [7, 11) is 0. The minimum absolute atomic E-state index is 0.118. The van der Waals surface area contributed by atoms with Crippen molar-refractivity contribution in [2.45, 2.75) is 52.5 Å². The maximum Gasteiger partial charge on any atom is 0.295 e. The highest BCUT2D eigenvalue weighted by Gasteiger charge is 2.45. The van der Waals surface area contributed by atoms with Gasteiger partial charge in [-0.3, -0.25) is 9.59 Å². The second-order valence-electron chi connectivity index (χ2n) is 8.82. The lowest BCUT2D eigenvalue weighted by atomic mass is 9.84. The van der Waals surface area contributed by atoms with Crippen LogP contribution in [-0.2, 0) is 15.0 Å². The molecule has 0 radical (unpaired) electrons. The Labute approximate surface area is 183 Å². The van der Waals surface area contributed by atoms with Gasteiger partial charge in [-0.2, -0.15) is 0 Å². The van der Waals surface area contributed by atoms with Crippen molar-refractivity contribution < 1.29 is 14.7 Å². The maximum absolute atomic E-state index is 13.0. The summed E-state index contributed by atoms with van der Waals surface area (Å²) in [5.41, 5.74) is 3.23. The summed E-state index contributed by atoms with van der Waals surface area (Å²) < 4.78 is 0. The van der Waals surface area contributed by atoms with Gasteiger partial charge >= 0.3 is 0 Å². The zero-order valence-electron chi connectivity index (χ0n) is 18.1. The normalized spacial score (nSPS) is 18.9. The van der Waals surface area contributed by atoms with E-state index in [1.54, 1.807) is 29.2 Å². The lowest BCUT2D eigenvalue weighted by molar-refractivity contribution is -0.139. The van der Waals surface area contributed by atoms with Crippen molar-refractivity contribution in [3.63, 3.8) is 0 Å². The third-order valence-corrected chi connectivity index (χ3v) is 5.80. The molecule has 2 aromatic rings. The Morgan fingerprint density at radius 3 is 2.30 bits per heavy atom. The summed E-state index contributed by atoms with van der Waals surface area (Å²) in [5.74, 6) is -1.36. The van der Waals surface area contributed by atoms with Gasteiger partial charge in [0.15, 0.2) is 0 Å². The van der Waals surface area contributed by atoms with E-state index in [1.165, 1.54) is 0 Å². The van der Waals surface area contributed by atoms with Crippen molar-refractivity contribution in [2.24, 2.45) is 0 Å². The molecule has 0 bridgehead atoms. The predicted octanol–water partition coefficient (Wildman–Crippen LogP) is 5.78. The highest BCUT2D eigenvalue weighted by molar-refractivity contribution is 6.46. The van der Waals surface area contributed by atoms with Crippen molar-refractivity contribution in [1.29, 1.82) is 0 Å². The minimum Gasteiger partial charge on any atom is -0.507 e. The summed E-state index contributed by atoms with van der Waals surface area (Å²) in [4.78, 5) is 27.4. The number of amides is 1. The Hall–Kier alpha value is -2.59. The molecule has 30 heavy (non-hydrogen) atoms. The molecule has 1 amide bonds. The van der Waals surface area contributed by atoms with E-state index in [1.807, 2.05) is 32.0 Å². The number of Topliss-reactive ketones (excluding diaryl/α,β-unsaturated/α-hetero) is 1. The van der Waals surface area contributed by atoms with Crippen molar-refractivity contribution >= 4 is 29.1 Å². The quantitative estimate of drug-likeness (QED) is 0.384. The Bertz CT molecular complexity index is 1020. The van der Waals surface area contributed by atoms with Gasteiger partial charge in [-0.1, -0.05) is 63.6 Å². The molecule has 2 aromatic carbocycles. The van der Waals surface area contributed by atoms with E-state index in [0.717, 1.165) is 16.7 Å². The summed E-state index contributed by atoms with van der Waals surface area (Å²) in [6.45, 7) is 10.5. The molecule has 1 heterocycles. The molecule has 1 atom stereocenters. The van der Waals surface area contributed by atoms with Gasteiger partial charge in [0.1, 0.15) is 5.76 Å². The van der Waals surface area contributed by atoms with Gasteiger partial charge in [0.25, 0.3) is 11.7 Å². The standard InChI is InChI=1S/C25H28ClNO3/c1-6-13-27-21(16-8-11-18(26)12-9-16)20(23(29)24(27)30)22(28)19-14-17(25(3,4)5)10-7-15(19)2/h7-12,14,21,28H,6,13H2,1-5H3/b22-20+. The summed E-state index contributed by atoms with van der Waals surface area (Å²) in [6.07, 6.45) is 0.704. The molecule has 3 rings (SSSR count). The lowest BCUT2D eigenvalue weighted by Crippen LogP contribution is -2.30. The number of carbonyl (C=O) groups excluding carboxylic acids is 2. The van der Waals surface area contributed by atoms with Crippen molar-refractivity contribution in [1.82, 2.24) is 4.90 Å². The first-order valence-corrected chi connectivity index (χ1v) is 10.6. The van der Waals surface area contributed by atoms with Crippen LogP contribution in [0.1, 0.15) is 62.4 Å². The number of carbonyl (C=O) groups is 2. The van der Waals surface area contributed by atoms with E-state index >= 15 is 0 Å². The fourth-order valence-corrected chi connectivity index (χ4v) is 3.96. The van der Waals surface area contributed by atoms with Crippen LogP contribution in [0.25, 0.3) is 5.76 Å². The van der Waals surface area contributed by atoms with Gasteiger partial charge in [0, 0.05) is 17.1 Å². The largest absolute Gasteiger partial charge is 0.507 e. The van der Waals surface area contributed by atoms with Crippen LogP contribution in [0.4, 0.5) is 0 Å². The zero-order chi connectivity index (χ0) is 22.2. The predicted molar refractivity (Wildman–Crippen MR) is 121 cm³/mol. The van der Waals surface area contributed by atoms with Gasteiger partial charge in [0.2, 0.25) is 0 Å². The van der Waals surface area contributed by atoms with Crippen LogP contribution in [-0.4, -0.2) is 28.2 Å². The SMILES string of the molecule is CCCN1C(=O)C(=O)/C(=C(/O)c2cc(C(C)(C)C)ccc2C)C1c1ccc(Cl)cc1. The van der Waals surface area contributed by atoms with Crippen LogP contribution in [0.15, 0.2) is 48.0 Å². The first kappa shape index (κ1) is 22.1. The number of hydrogen-bond donors (Lipinski definition) is 1. The van der Waals surface area contributed by atoms with Crippen LogP contribution < -0.4 is 0 Å². The van der Waals surface area contributed by atoms with E-state index in [0.29, 0.717) is 23.6 Å². The molecule has 0 aromatic heterocycles. The molecule has 1 unspecified atom stereocenters. The summed E-state index contributed by atoms with van der Waals surface area (Å²) in [5, 5.41) is 11.9. The molecule has 0 aliphatic carbocycles. The van der Waals surface area contributed by atoms with Crippen LogP contribution in [0.3, 0.4) is 0 Å². The number of hydrogen-bond acceptors (Lipinski definition) is 3. The minimum atomic E-state index is -0.651. The Kier molecular flexibility index (Phi) is 6.09. The topological polar surface area (TPSA) is 57.6 Å². The van der Waals surface area contributed by atoms with E-state index in [4.69, 9.17) is 11.6 Å². The molecule has 1 saturated heterocycles. The number of benzene rings is 2. The number of ketones is 1. The average Bonchev–Trinajstić information content (AvgIpc) is 2.93. The molecule has 1 aliphatic heterocycles. The first-order chi connectivity index (χ1) is 14.1. The van der Waals surface area contributed by atoms with Crippen LogP contribution in [0.5, 0.6) is 0 Å². The lowest BCUT2D eigenvalue weighted by Gasteiger charge is -2.25. The second kappa shape index (κ2) is 8.27. The van der Waals surface area contributed by atoms with Gasteiger partial charge in [-0.05, 0) is 53.6 Å². The molecule has 1 N–H and O–H groups in total. The third-order valence-electron chi connectivity index (χ3n) is 5.55. The molecule has 1 aliphatic rings. The third kappa shape index (κ3) is 4.01. The fourth-order valence-electron chi connectivity index (χ4n) is 3.83.